The fourth-order valence-corrected chi connectivity index (χ4v) is 1.87. The number of methoxy groups -OCH3 is 2. The largest absolute Gasteiger partial charge is 0.496 e. The van der Waals surface area contributed by atoms with Gasteiger partial charge < -0.3 is 14.8 Å². The number of esters is 1. The Morgan fingerprint density at radius 2 is 2.11 bits per heavy atom. The van der Waals surface area contributed by atoms with E-state index in [1.54, 1.807) is 26.1 Å². The Labute approximate surface area is 106 Å². The topological polar surface area (TPSA) is 47.6 Å². The molecule has 18 heavy (non-hydrogen) atoms. The molecule has 0 aliphatic carbocycles. The van der Waals surface area contributed by atoms with Gasteiger partial charge in [-0.15, -0.1) is 0 Å². The van der Waals surface area contributed by atoms with E-state index < -0.39 is 17.3 Å². The van der Waals surface area contributed by atoms with Crippen LogP contribution >= 0.6 is 0 Å². The van der Waals surface area contributed by atoms with Gasteiger partial charge in [0.25, 0.3) is 0 Å². The molecule has 0 saturated heterocycles. The van der Waals surface area contributed by atoms with E-state index in [-0.39, 0.29) is 6.42 Å². The SMILES string of the molecule is CNC(C)(CC(=O)OC)c1c(F)cccc1OC. The summed E-state index contributed by atoms with van der Waals surface area (Å²) in [5.74, 6) is -0.442. The van der Waals surface area contributed by atoms with Crippen LogP contribution in [-0.2, 0) is 15.1 Å². The maximum absolute atomic E-state index is 14.0. The van der Waals surface area contributed by atoms with E-state index in [2.05, 4.69) is 10.1 Å². The number of hydrogen-bond acceptors (Lipinski definition) is 4. The predicted octanol–water partition coefficient (Wildman–Crippen LogP) is 1.83. The summed E-state index contributed by atoms with van der Waals surface area (Å²) >= 11 is 0. The molecule has 1 aromatic rings. The summed E-state index contributed by atoms with van der Waals surface area (Å²) < 4.78 is 23.8. The normalized spacial score (nSPS) is 13.8. The molecular formula is C13H18FNO3. The second-order valence-electron chi connectivity index (χ2n) is 4.15. The van der Waals surface area contributed by atoms with Crippen molar-refractivity contribution >= 4 is 5.97 Å². The number of benzene rings is 1. The Morgan fingerprint density at radius 1 is 1.44 bits per heavy atom. The van der Waals surface area contributed by atoms with Crippen LogP contribution in [0.3, 0.4) is 0 Å². The van der Waals surface area contributed by atoms with Crippen molar-refractivity contribution in [2.24, 2.45) is 0 Å². The van der Waals surface area contributed by atoms with E-state index >= 15 is 0 Å². The predicted molar refractivity (Wildman–Crippen MR) is 66.0 cm³/mol. The quantitative estimate of drug-likeness (QED) is 0.815. The summed E-state index contributed by atoms with van der Waals surface area (Å²) in [6.07, 6.45) is 0.0112. The molecule has 100 valence electrons. The Kier molecular flexibility index (Phi) is 4.67. The molecule has 0 radical (unpaired) electrons. The zero-order chi connectivity index (χ0) is 13.8. The van der Waals surface area contributed by atoms with E-state index in [9.17, 15) is 9.18 Å². The summed E-state index contributed by atoms with van der Waals surface area (Å²) in [4.78, 5) is 11.4. The molecule has 0 saturated carbocycles. The van der Waals surface area contributed by atoms with Gasteiger partial charge in [-0.2, -0.15) is 0 Å². The van der Waals surface area contributed by atoms with E-state index in [1.807, 2.05) is 0 Å². The summed E-state index contributed by atoms with van der Waals surface area (Å²) in [5.41, 5.74) is -0.565. The van der Waals surface area contributed by atoms with Crippen molar-refractivity contribution in [3.05, 3.63) is 29.6 Å². The van der Waals surface area contributed by atoms with Gasteiger partial charge in [0.2, 0.25) is 0 Å². The second kappa shape index (κ2) is 5.82. The van der Waals surface area contributed by atoms with Crippen LogP contribution in [0, 0.1) is 5.82 Å². The maximum Gasteiger partial charge on any atom is 0.307 e. The molecule has 0 aromatic heterocycles. The number of ether oxygens (including phenoxy) is 2. The average Bonchev–Trinajstić information content (AvgIpc) is 2.37. The zero-order valence-electron chi connectivity index (χ0n) is 11.0. The Balaban J connectivity index is 3.26. The molecule has 1 N–H and O–H groups in total. The highest BCUT2D eigenvalue weighted by Gasteiger charge is 2.34. The van der Waals surface area contributed by atoms with Crippen molar-refractivity contribution < 1.29 is 18.7 Å². The molecule has 0 bridgehead atoms. The fraction of sp³-hybridized carbons (Fsp3) is 0.462. The minimum atomic E-state index is -0.885. The Hall–Kier alpha value is -1.62. The molecule has 0 aliphatic heterocycles. The molecule has 4 nitrogen and oxygen atoms in total. The van der Waals surface area contributed by atoms with Gasteiger partial charge in [0.15, 0.2) is 0 Å². The van der Waals surface area contributed by atoms with Gasteiger partial charge in [-0.05, 0) is 26.1 Å². The van der Waals surface area contributed by atoms with Crippen LogP contribution < -0.4 is 10.1 Å². The second-order valence-corrected chi connectivity index (χ2v) is 4.15. The van der Waals surface area contributed by atoms with Gasteiger partial charge in [0.1, 0.15) is 11.6 Å². The van der Waals surface area contributed by atoms with Gasteiger partial charge in [0.05, 0.1) is 31.7 Å². The van der Waals surface area contributed by atoms with Crippen LogP contribution in [0.4, 0.5) is 4.39 Å². The smallest absolute Gasteiger partial charge is 0.307 e. The van der Waals surface area contributed by atoms with E-state index in [0.29, 0.717) is 11.3 Å². The van der Waals surface area contributed by atoms with Crippen molar-refractivity contribution in [2.75, 3.05) is 21.3 Å². The van der Waals surface area contributed by atoms with Gasteiger partial charge >= 0.3 is 5.97 Å². The number of carbonyl (C=O) groups is 1. The van der Waals surface area contributed by atoms with E-state index in [4.69, 9.17) is 4.74 Å². The number of nitrogens with one attached hydrogen (secondary N) is 1. The van der Waals surface area contributed by atoms with Crippen molar-refractivity contribution in [2.45, 2.75) is 18.9 Å². The molecule has 1 atom stereocenters. The summed E-state index contributed by atoms with van der Waals surface area (Å²) in [5, 5.41) is 2.95. The van der Waals surface area contributed by atoms with Crippen LogP contribution in [0.5, 0.6) is 5.75 Å². The van der Waals surface area contributed by atoms with Gasteiger partial charge in [-0.25, -0.2) is 4.39 Å². The molecule has 0 amide bonds. The van der Waals surface area contributed by atoms with Crippen LogP contribution in [0.15, 0.2) is 18.2 Å². The summed E-state index contributed by atoms with van der Waals surface area (Å²) in [6, 6.07) is 4.56. The molecule has 5 heteroatoms. The number of rotatable bonds is 5. The molecular weight excluding hydrogens is 237 g/mol. The monoisotopic (exact) mass is 255 g/mol. The first kappa shape index (κ1) is 14.4. The molecule has 1 rings (SSSR count). The standard InChI is InChI=1S/C13H18FNO3/c1-13(15-2,8-11(16)18-4)12-9(14)6-5-7-10(12)17-3/h5-7,15H,8H2,1-4H3. The maximum atomic E-state index is 14.0. The molecule has 0 heterocycles. The first-order valence-corrected chi connectivity index (χ1v) is 5.57. The number of carbonyl (C=O) groups excluding carboxylic acids is 1. The highest BCUT2D eigenvalue weighted by molar-refractivity contribution is 5.71. The van der Waals surface area contributed by atoms with Crippen LogP contribution in [0.1, 0.15) is 18.9 Å². The zero-order valence-corrected chi connectivity index (χ0v) is 11.0. The van der Waals surface area contributed by atoms with Crippen molar-refractivity contribution in [3.63, 3.8) is 0 Å². The number of halogens is 1. The lowest BCUT2D eigenvalue weighted by Crippen LogP contribution is -2.40. The average molecular weight is 255 g/mol. The minimum absolute atomic E-state index is 0.0112. The van der Waals surface area contributed by atoms with E-state index in [1.165, 1.54) is 20.3 Å². The lowest BCUT2D eigenvalue weighted by Gasteiger charge is -2.30. The Morgan fingerprint density at radius 3 is 2.61 bits per heavy atom. The third kappa shape index (κ3) is 2.79. The molecule has 1 aromatic carbocycles. The van der Waals surface area contributed by atoms with Gasteiger partial charge in [0, 0.05) is 0 Å². The fourth-order valence-electron chi connectivity index (χ4n) is 1.87. The summed E-state index contributed by atoms with van der Waals surface area (Å²) in [7, 11) is 4.43. The van der Waals surface area contributed by atoms with Crippen molar-refractivity contribution in [1.82, 2.24) is 5.32 Å². The molecule has 0 fully saturated rings. The lowest BCUT2D eigenvalue weighted by atomic mass is 9.87. The van der Waals surface area contributed by atoms with Crippen LogP contribution in [-0.4, -0.2) is 27.2 Å². The Bertz CT molecular complexity index is 436. The first-order valence-electron chi connectivity index (χ1n) is 5.57. The van der Waals surface area contributed by atoms with Crippen molar-refractivity contribution in [1.29, 1.82) is 0 Å². The first-order chi connectivity index (χ1) is 8.48. The van der Waals surface area contributed by atoms with E-state index in [0.717, 1.165) is 0 Å². The third-order valence-corrected chi connectivity index (χ3v) is 3.02. The van der Waals surface area contributed by atoms with Crippen LogP contribution in [0.25, 0.3) is 0 Å². The molecule has 0 spiro atoms. The molecule has 1 unspecified atom stereocenters. The lowest BCUT2D eigenvalue weighted by molar-refractivity contribution is -0.142. The number of hydrogen-bond donors (Lipinski definition) is 1. The minimum Gasteiger partial charge on any atom is -0.496 e. The van der Waals surface area contributed by atoms with Crippen LogP contribution in [0.2, 0.25) is 0 Å². The van der Waals surface area contributed by atoms with Gasteiger partial charge in [-0.3, -0.25) is 4.79 Å². The highest BCUT2D eigenvalue weighted by atomic mass is 19.1. The molecule has 0 aliphatic rings. The van der Waals surface area contributed by atoms with Crippen molar-refractivity contribution in [3.8, 4) is 5.75 Å². The third-order valence-electron chi connectivity index (χ3n) is 3.02. The highest BCUT2D eigenvalue weighted by Crippen LogP contribution is 2.34. The summed E-state index contributed by atoms with van der Waals surface area (Å²) in [6.45, 7) is 1.73. The van der Waals surface area contributed by atoms with Gasteiger partial charge in [-0.1, -0.05) is 6.07 Å².